The number of hydrogen-bond acceptors (Lipinski definition) is 2. The molecule has 17 heavy (non-hydrogen) atoms. The quantitative estimate of drug-likeness (QED) is 0.829. The van der Waals surface area contributed by atoms with Gasteiger partial charge in [0.2, 0.25) is 0 Å². The highest BCUT2D eigenvalue weighted by Gasteiger charge is 2.24. The summed E-state index contributed by atoms with van der Waals surface area (Å²) < 4.78 is 40.3. The SMILES string of the molecule is CC(C)(F)c1cc(F)c(F)c(C(=O)CCN)c1. The Hall–Kier alpha value is -1.36. The molecule has 0 radical (unpaired) electrons. The van der Waals surface area contributed by atoms with Crippen LogP contribution in [0.5, 0.6) is 0 Å². The highest BCUT2D eigenvalue weighted by atomic mass is 19.2. The van der Waals surface area contributed by atoms with E-state index in [1.165, 1.54) is 13.8 Å². The Bertz CT molecular complexity index is 438. The zero-order chi connectivity index (χ0) is 13.2. The van der Waals surface area contributed by atoms with Crippen LogP contribution in [-0.2, 0) is 5.67 Å². The van der Waals surface area contributed by atoms with E-state index >= 15 is 0 Å². The van der Waals surface area contributed by atoms with Crippen molar-refractivity contribution >= 4 is 5.78 Å². The Morgan fingerprint density at radius 2 is 1.94 bits per heavy atom. The average Bonchev–Trinajstić information content (AvgIpc) is 2.20. The van der Waals surface area contributed by atoms with Crippen LogP contribution in [0.25, 0.3) is 0 Å². The number of hydrogen-bond donors (Lipinski definition) is 1. The minimum atomic E-state index is -1.84. The van der Waals surface area contributed by atoms with Crippen molar-refractivity contribution in [1.29, 1.82) is 0 Å². The summed E-state index contributed by atoms with van der Waals surface area (Å²) >= 11 is 0. The van der Waals surface area contributed by atoms with Gasteiger partial charge >= 0.3 is 0 Å². The topological polar surface area (TPSA) is 43.1 Å². The molecule has 1 rings (SSSR count). The molecule has 0 saturated carbocycles. The summed E-state index contributed by atoms with van der Waals surface area (Å²) in [4.78, 5) is 11.5. The van der Waals surface area contributed by atoms with Gasteiger partial charge in [-0.1, -0.05) is 0 Å². The zero-order valence-corrected chi connectivity index (χ0v) is 9.69. The monoisotopic (exact) mass is 245 g/mol. The lowest BCUT2D eigenvalue weighted by Crippen LogP contribution is -2.15. The van der Waals surface area contributed by atoms with Crippen LogP contribution in [0.15, 0.2) is 12.1 Å². The van der Waals surface area contributed by atoms with E-state index < -0.39 is 28.6 Å². The van der Waals surface area contributed by atoms with Gasteiger partial charge in [-0.25, -0.2) is 13.2 Å². The molecule has 94 valence electrons. The Morgan fingerprint density at radius 3 is 2.41 bits per heavy atom. The number of halogens is 3. The molecular formula is C12H14F3NO. The predicted octanol–water partition coefficient (Wildman–Crippen LogP) is 2.70. The fraction of sp³-hybridized carbons (Fsp3) is 0.417. The number of Topliss-reactive ketones (excluding diaryl/α,β-unsaturated/α-hetero) is 1. The summed E-state index contributed by atoms with van der Waals surface area (Å²) in [5.74, 6) is -3.11. The van der Waals surface area contributed by atoms with E-state index in [1.54, 1.807) is 0 Å². The van der Waals surface area contributed by atoms with E-state index in [4.69, 9.17) is 5.73 Å². The zero-order valence-electron chi connectivity index (χ0n) is 9.69. The molecular weight excluding hydrogens is 231 g/mol. The third-order valence-electron chi connectivity index (χ3n) is 2.39. The van der Waals surface area contributed by atoms with Gasteiger partial charge in [-0.05, 0) is 38.1 Å². The standard InChI is InChI=1S/C12H14F3NO/c1-12(2,15)7-5-8(10(17)3-4-16)11(14)9(13)6-7/h5-6H,3-4,16H2,1-2H3. The number of carbonyl (C=O) groups is 1. The second-order valence-electron chi connectivity index (χ2n) is 4.25. The van der Waals surface area contributed by atoms with Crippen molar-refractivity contribution in [3.8, 4) is 0 Å². The van der Waals surface area contributed by atoms with Crippen LogP contribution in [0, 0.1) is 11.6 Å². The van der Waals surface area contributed by atoms with Crippen molar-refractivity contribution in [1.82, 2.24) is 0 Å². The molecule has 2 N–H and O–H groups in total. The minimum absolute atomic E-state index is 0.0309. The Kier molecular flexibility index (Phi) is 3.93. The molecule has 0 aliphatic carbocycles. The average molecular weight is 245 g/mol. The van der Waals surface area contributed by atoms with Gasteiger partial charge in [0.05, 0.1) is 5.56 Å². The van der Waals surface area contributed by atoms with E-state index in [9.17, 15) is 18.0 Å². The first-order valence-corrected chi connectivity index (χ1v) is 5.19. The Balaban J connectivity index is 3.30. The fourth-order valence-corrected chi connectivity index (χ4v) is 1.40. The van der Waals surface area contributed by atoms with E-state index in [2.05, 4.69) is 0 Å². The smallest absolute Gasteiger partial charge is 0.169 e. The Labute approximate surface area is 97.6 Å². The predicted molar refractivity (Wildman–Crippen MR) is 58.5 cm³/mol. The lowest BCUT2D eigenvalue weighted by atomic mass is 9.95. The van der Waals surface area contributed by atoms with Crippen LogP contribution in [0.2, 0.25) is 0 Å². The van der Waals surface area contributed by atoms with Gasteiger partial charge < -0.3 is 5.73 Å². The summed E-state index contributed by atoms with van der Waals surface area (Å²) in [7, 11) is 0. The molecule has 2 nitrogen and oxygen atoms in total. The number of nitrogens with two attached hydrogens (primary N) is 1. The highest BCUT2D eigenvalue weighted by molar-refractivity contribution is 5.96. The third-order valence-corrected chi connectivity index (χ3v) is 2.39. The van der Waals surface area contributed by atoms with E-state index in [0.29, 0.717) is 0 Å². The number of alkyl halides is 1. The summed E-state index contributed by atoms with van der Waals surface area (Å²) in [5, 5.41) is 0. The van der Waals surface area contributed by atoms with Gasteiger partial charge in [-0.2, -0.15) is 0 Å². The molecule has 0 saturated heterocycles. The molecule has 0 unspecified atom stereocenters. The van der Waals surface area contributed by atoms with Gasteiger partial charge in [0.25, 0.3) is 0 Å². The molecule has 5 heteroatoms. The maximum Gasteiger partial charge on any atom is 0.169 e. The molecule has 0 heterocycles. The van der Waals surface area contributed by atoms with Crippen LogP contribution in [0.4, 0.5) is 13.2 Å². The van der Waals surface area contributed by atoms with Crippen molar-refractivity contribution in [2.75, 3.05) is 6.54 Å². The van der Waals surface area contributed by atoms with E-state index in [-0.39, 0.29) is 18.5 Å². The number of benzene rings is 1. The first-order chi connectivity index (χ1) is 7.77. The van der Waals surface area contributed by atoms with Crippen LogP contribution in [0.1, 0.15) is 36.2 Å². The largest absolute Gasteiger partial charge is 0.330 e. The van der Waals surface area contributed by atoms with Crippen molar-refractivity contribution in [3.05, 3.63) is 34.9 Å². The third kappa shape index (κ3) is 3.06. The molecule has 0 aliphatic heterocycles. The van der Waals surface area contributed by atoms with Gasteiger partial charge in [-0.15, -0.1) is 0 Å². The molecule has 0 atom stereocenters. The lowest BCUT2D eigenvalue weighted by Gasteiger charge is -2.16. The highest BCUT2D eigenvalue weighted by Crippen LogP contribution is 2.28. The summed E-state index contributed by atoms with van der Waals surface area (Å²) in [6, 6.07) is 1.80. The van der Waals surface area contributed by atoms with Crippen LogP contribution < -0.4 is 5.73 Å². The van der Waals surface area contributed by atoms with E-state index in [0.717, 1.165) is 12.1 Å². The Morgan fingerprint density at radius 1 is 1.35 bits per heavy atom. The van der Waals surface area contributed by atoms with Crippen molar-refractivity contribution in [2.24, 2.45) is 5.73 Å². The fourth-order valence-electron chi connectivity index (χ4n) is 1.40. The van der Waals surface area contributed by atoms with Gasteiger partial charge in [0.15, 0.2) is 17.4 Å². The number of rotatable bonds is 4. The molecule has 1 aromatic rings. The summed E-state index contributed by atoms with van der Waals surface area (Å²) in [5.41, 5.74) is 2.81. The first-order valence-electron chi connectivity index (χ1n) is 5.19. The molecule has 1 aromatic carbocycles. The van der Waals surface area contributed by atoms with Crippen molar-refractivity contribution in [3.63, 3.8) is 0 Å². The van der Waals surface area contributed by atoms with Crippen LogP contribution in [0.3, 0.4) is 0 Å². The second kappa shape index (κ2) is 4.87. The number of carbonyl (C=O) groups excluding carboxylic acids is 1. The maximum absolute atomic E-state index is 13.6. The first kappa shape index (κ1) is 13.7. The van der Waals surface area contributed by atoms with Gasteiger partial charge in [-0.3, -0.25) is 4.79 Å². The van der Waals surface area contributed by atoms with E-state index in [1.807, 2.05) is 0 Å². The number of ketones is 1. The van der Waals surface area contributed by atoms with Crippen molar-refractivity contribution in [2.45, 2.75) is 25.9 Å². The lowest BCUT2D eigenvalue weighted by molar-refractivity contribution is 0.0980. The summed E-state index contributed by atoms with van der Waals surface area (Å²) in [6.07, 6.45) is -0.105. The second-order valence-corrected chi connectivity index (χ2v) is 4.25. The minimum Gasteiger partial charge on any atom is -0.330 e. The molecule has 0 bridgehead atoms. The molecule has 0 fully saturated rings. The molecule has 0 aromatic heterocycles. The van der Waals surface area contributed by atoms with Gasteiger partial charge in [0.1, 0.15) is 5.67 Å². The molecule has 0 spiro atoms. The van der Waals surface area contributed by atoms with Crippen LogP contribution in [-0.4, -0.2) is 12.3 Å². The van der Waals surface area contributed by atoms with Gasteiger partial charge in [0, 0.05) is 6.42 Å². The molecule has 0 amide bonds. The normalized spacial score (nSPS) is 11.6. The molecule has 0 aliphatic rings. The van der Waals surface area contributed by atoms with Crippen molar-refractivity contribution < 1.29 is 18.0 Å². The maximum atomic E-state index is 13.6. The van der Waals surface area contributed by atoms with Crippen LogP contribution >= 0.6 is 0 Å². The summed E-state index contributed by atoms with van der Waals surface area (Å²) in [6.45, 7) is 2.44.